The summed E-state index contributed by atoms with van der Waals surface area (Å²) in [4.78, 5) is 15.5. The summed E-state index contributed by atoms with van der Waals surface area (Å²) < 4.78 is 66.1. The van der Waals surface area contributed by atoms with E-state index in [2.05, 4.69) is 14.7 Å². The second-order valence-electron chi connectivity index (χ2n) is 6.25. The van der Waals surface area contributed by atoms with Crippen LogP contribution in [-0.4, -0.2) is 35.8 Å². The molecule has 0 fully saturated rings. The third-order valence-corrected chi connectivity index (χ3v) is 5.56. The van der Waals surface area contributed by atoms with Crippen LogP contribution in [0.5, 0.6) is 0 Å². The molecule has 1 aromatic heterocycles. The lowest BCUT2D eigenvalue weighted by molar-refractivity contribution is -0.159. The van der Waals surface area contributed by atoms with E-state index in [1.54, 1.807) is 24.3 Å². The van der Waals surface area contributed by atoms with Crippen molar-refractivity contribution in [3.63, 3.8) is 0 Å². The van der Waals surface area contributed by atoms with Gasteiger partial charge >= 0.3 is 12.1 Å². The summed E-state index contributed by atoms with van der Waals surface area (Å²) in [6, 6.07) is 14.3. The fraction of sp³-hybridized carbons (Fsp3) is 0.211. The molecule has 0 saturated heterocycles. The molecule has 0 radical (unpaired) electrons. The van der Waals surface area contributed by atoms with E-state index in [9.17, 15) is 26.4 Å². The molecule has 152 valence electrons. The number of alkyl halides is 3. The van der Waals surface area contributed by atoms with Crippen LogP contribution in [0.4, 0.5) is 13.2 Å². The van der Waals surface area contributed by atoms with Crippen LogP contribution in [0.15, 0.2) is 59.1 Å². The van der Waals surface area contributed by atoms with E-state index in [0.717, 1.165) is 5.56 Å². The van der Waals surface area contributed by atoms with Crippen molar-refractivity contribution < 1.29 is 30.9 Å². The predicted octanol–water partition coefficient (Wildman–Crippen LogP) is 3.60. The summed E-state index contributed by atoms with van der Waals surface area (Å²) in [6.45, 7) is 0. The van der Waals surface area contributed by atoms with Crippen molar-refractivity contribution in [3.8, 4) is 11.4 Å². The Bertz CT molecular complexity index is 1090. The van der Waals surface area contributed by atoms with E-state index < -0.39 is 33.4 Å². The Morgan fingerprint density at radius 1 is 1.00 bits per heavy atom. The van der Waals surface area contributed by atoms with Gasteiger partial charge in [0.05, 0.1) is 5.75 Å². The number of rotatable bonds is 7. The molecule has 3 rings (SSSR count). The van der Waals surface area contributed by atoms with Gasteiger partial charge in [-0.1, -0.05) is 59.8 Å². The lowest BCUT2D eigenvalue weighted by atomic mass is 10.1. The second-order valence-corrected chi connectivity index (χ2v) is 8.43. The number of Topliss-reactive ketones (excluding diaryl/α,β-unsaturated/α-hetero) is 1. The lowest BCUT2D eigenvalue weighted by Crippen LogP contribution is -2.20. The summed E-state index contributed by atoms with van der Waals surface area (Å²) in [6.07, 6.45) is -4.45. The molecule has 0 aliphatic rings. The van der Waals surface area contributed by atoms with Gasteiger partial charge in [-0.25, -0.2) is 8.42 Å². The van der Waals surface area contributed by atoms with Gasteiger partial charge in [0.25, 0.3) is 0 Å². The van der Waals surface area contributed by atoms with Gasteiger partial charge in [0.15, 0.2) is 15.6 Å². The van der Waals surface area contributed by atoms with Crippen LogP contribution in [0.3, 0.4) is 0 Å². The number of aromatic nitrogens is 2. The van der Waals surface area contributed by atoms with E-state index in [0.29, 0.717) is 6.42 Å². The Morgan fingerprint density at radius 3 is 2.24 bits per heavy atom. The fourth-order valence-corrected chi connectivity index (χ4v) is 3.79. The van der Waals surface area contributed by atoms with Crippen molar-refractivity contribution in [2.75, 3.05) is 11.5 Å². The molecule has 2 aromatic carbocycles. The maximum absolute atomic E-state index is 12.5. The normalized spacial score (nSPS) is 12.1. The zero-order valence-electron chi connectivity index (χ0n) is 14.9. The molecule has 0 amide bonds. The average molecular weight is 424 g/mol. The molecular formula is C19H15F3N2O4S. The minimum absolute atomic E-state index is 0.122. The lowest BCUT2D eigenvalue weighted by Gasteiger charge is -2.05. The van der Waals surface area contributed by atoms with Crippen molar-refractivity contribution in [2.24, 2.45) is 0 Å². The SMILES string of the molecule is O=C(CS(=O)(=O)CCc1ccccc1)c1ccc(-c2noc(C(F)(F)F)n2)cc1. The summed E-state index contributed by atoms with van der Waals surface area (Å²) in [5, 5.41) is 3.25. The molecular weight excluding hydrogens is 409 g/mol. The van der Waals surface area contributed by atoms with Crippen molar-refractivity contribution in [1.82, 2.24) is 10.1 Å². The summed E-state index contributed by atoms with van der Waals surface area (Å²) in [5.41, 5.74) is 1.18. The second kappa shape index (κ2) is 8.16. The zero-order chi connectivity index (χ0) is 21.1. The number of carbonyl (C=O) groups excluding carboxylic acids is 1. The summed E-state index contributed by atoms with van der Waals surface area (Å²) in [7, 11) is -3.62. The number of ketones is 1. The van der Waals surface area contributed by atoms with E-state index in [-0.39, 0.29) is 22.7 Å². The first-order chi connectivity index (χ1) is 13.6. The van der Waals surface area contributed by atoms with E-state index in [1.807, 2.05) is 6.07 Å². The molecule has 0 N–H and O–H groups in total. The molecule has 3 aromatic rings. The quantitative estimate of drug-likeness (QED) is 0.539. The van der Waals surface area contributed by atoms with E-state index in [4.69, 9.17) is 0 Å². The molecule has 0 spiro atoms. The van der Waals surface area contributed by atoms with Crippen LogP contribution in [0.25, 0.3) is 11.4 Å². The Morgan fingerprint density at radius 2 is 1.66 bits per heavy atom. The fourth-order valence-electron chi connectivity index (χ4n) is 2.53. The van der Waals surface area contributed by atoms with Crippen LogP contribution < -0.4 is 0 Å². The van der Waals surface area contributed by atoms with Crippen LogP contribution in [0.2, 0.25) is 0 Å². The minimum atomic E-state index is -4.75. The van der Waals surface area contributed by atoms with E-state index >= 15 is 0 Å². The zero-order valence-corrected chi connectivity index (χ0v) is 15.7. The largest absolute Gasteiger partial charge is 0.471 e. The molecule has 0 aliphatic carbocycles. The molecule has 10 heteroatoms. The van der Waals surface area contributed by atoms with E-state index in [1.165, 1.54) is 24.3 Å². The van der Waals surface area contributed by atoms with Gasteiger partial charge in [-0.2, -0.15) is 18.2 Å². The standard InChI is InChI=1S/C19H15F3N2O4S/c20-19(21,22)18-23-17(24-28-18)15-8-6-14(7-9-15)16(25)12-29(26,27)11-10-13-4-2-1-3-5-13/h1-9H,10-12H2. The molecule has 1 heterocycles. The number of nitrogens with zero attached hydrogens (tertiary/aromatic N) is 2. The number of carbonyl (C=O) groups is 1. The predicted molar refractivity (Wildman–Crippen MR) is 97.9 cm³/mol. The maximum atomic E-state index is 12.5. The number of halogens is 3. The van der Waals surface area contributed by atoms with Gasteiger partial charge in [0.2, 0.25) is 5.82 Å². The van der Waals surface area contributed by atoms with Gasteiger partial charge in [-0.3, -0.25) is 4.79 Å². The van der Waals surface area contributed by atoms with Gasteiger partial charge in [0, 0.05) is 11.1 Å². The van der Waals surface area contributed by atoms with Gasteiger partial charge in [-0.05, 0) is 12.0 Å². The first-order valence-corrected chi connectivity index (χ1v) is 10.2. The maximum Gasteiger partial charge on any atom is 0.471 e. The monoisotopic (exact) mass is 424 g/mol. The van der Waals surface area contributed by atoms with Gasteiger partial charge in [0.1, 0.15) is 5.75 Å². The van der Waals surface area contributed by atoms with Gasteiger partial charge in [-0.15, -0.1) is 0 Å². The highest BCUT2D eigenvalue weighted by Gasteiger charge is 2.38. The molecule has 6 nitrogen and oxygen atoms in total. The van der Waals surface area contributed by atoms with Crippen LogP contribution in [-0.2, 0) is 22.4 Å². The Labute approximate surface area is 164 Å². The van der Waals surface area contributed by atoms with Crippen molar-refractivity contribution in [2.45, 2.75) is 12.6 Å². The topological polar surface area (TPSA) is 90.1 Å². The Balaban J connectivity index is 1.64. The minimum Gasteiger partial charge on any atom is -0.329 e. The molecule has 29 heavy (non-hydrogen) atoms. The first kappa shape index (κ1) is 20.7. The van der Waals surface area contributed by atoms with Crippen LogP contribution in [0.1, 0.15) is 21.8 Å². The number of aryl methyl sites for hydroxylation is 1. The highest BCUT2D eigenvalue weighted by atomic mass is 32.2. The smallest absolute Gasteiger partial charge is 0.329 e. The van der Waals surface area contributed by atoms with Crippen molar-refractivity contribution >= 4 is 15.6 Å². The summed E-state index contributed by atoms with van der Waals surface area (Å²) in [5.74, 6) is -3.18. The Kier molecular flexibility index (Phi) is 5.83. The van der Waals surface area contributed by atoms with Crippen molar-refractivity contribution in [1.29, 1.82) is 0 Å². The number of hydrogen-bond acceptors (Lipinski definition) is 6. The summed E-state index contributed by atoms with van der Waals surface area (Å²) >= 11 is 0. The van der Waals surface area contributed by atoms with Gasteiger partial charge < -0.3 is 4.52 Å². The highest BCUT2D eigenvalue weighted by Crippen LogP contribution is 2.29. The van der Waals surface area contributed by atoms with Crippen LogP contribution >= 0.6 is 0 Å². The highest BCUT2D eigenvalue weighted by molar-refractivity contribution is 7.92. The van der Waals surface area contributed by atoms with Crippen LogP contribution in [0, 0.1) is 0 Å². The third-order valence-electron chi connectivity index (χ3n) is 4.03. The molecule has 0 atom stereocenters. The Hall–Kier alpha value is -3.01. The molecule has 0 saturated carbocycles. The molecule has 0 bridgehead atoms. The third kappa shape index (κ3) is 5.50. The molecule has 0 unspecified atom stereocenters. The number of hydrogen-bond donors (Lipinski definition) is 0. The molecule has 0 aliphatic heterocycles. The first-order valence-electron chi connectivity index (χ1n) is 8.43. The average Bonchev–Trinajstić information content (AvgIpc) is 3.18. The number of sulfone groups is 1. The van der Waals surface area contributed by atoms with Crippen molar-refractivity contribution in [3.05, 3.63) is 71.6 Å². The number of benzene rings is 2.